The number of nitrogens with two attached hydrogens (primary N) is 1. The number of anilines is 2. The van der Waals surface area contributed by atoms with Gasteiger partial charge in [-0.05, 0) is 131 Å². The number of imide groups is 2. The monoisotopic (exact) mass is 947 g/mol. The third kappa shape index (κ3) is 9.06. The van der Waals surface area contributed by atoms with E-state index in [2.05, 4.69) is 34.6 Å². The molecule has 17 heteroatoms. The maximum Gasteiger partial charge on any atom is 0.319 e. The highest BCUT2D eigenvalue weighted by Gasteiger charge is 2.45. The molecule has 11 rings (SSSR count). The molecule has 0 aliphatic carbocycles. The van der Waals surface area contributed by atoms with Crippen LogP contribution in [0.4, 0.5) is 16.3 Å². The lowest BCUT2D eigenvalue weighted by atomic mass is 9.85. The van der Waals surface area contributed by atoms with E-state index in [4.69, 9.17) is 20.6 Å². The normalized spacial score (nSPS) is 22.2. The first-order valence-corrected chi connectivity index (χ1v) is 25.4. The summed E-state index contributed by atoms with van der Waals surface area (Å²) in [5, 5.41) is 8.21. The van der Waals surface area contributed by atoms with Crippen molar-refractivity contribution >= 4 is 52.2 Å². The number of amides is 6. The molecule has 0 saturated carbocycles. The third-order valence-corrected chi connectivity index (χ3v) is 15.9. The number of nitrogen functional groups attached to an aromatic ring is 1. The van der Waals surface area contributed by atoms with Gasteiger partial charge in [-0.1, -0.05) is 31.0 Å². The number of carbonyl (C=O) groups excluding carboxylic acids is 5. The molecule has 2 aromatic heterocycles. The standard InChI is InChI=1S/C53H61N11O6/c54-48-46-47(36-10-13-41(14-11-36)70-40-6-2-1-3-7-40)58-64(49(46)56-33-55-48)39-5-4-24-62(32-39)37-22-29-61(30-23-37)53(69)60-27-20-35(21-28-60)9-8-34-18-25-59(26-19-34)38-12-15-42-43(31-38)52(68)63(51(42)67)44-16-17-45(65)57-50(44)66/h1-3,6-7,10-15,31,33-35,37,39,44H,4-5,8-9,16-30,32H2,(H2,54,55,56)(H,57,65,66)/t39-,44?/m1/s1. The Morgan fingerprint density at radius 1 is 0.700 bits per heavy atom. The molecular formula is C53H61N11O6. The van der Waals surface area contributed by atoms with Crippen molar-refractivity contribution in [3.8, 4) is 22.8 Å². The van der Waals surface area contributed by atoms with Crippen LogP contribution in [0.1, 0.15) is 104 Å². The van der Waals surface area contributed by atoms with E-state index in [-0.39, 0.29) is 30.8 Å². The average molecular weight is 948 g/mol. The number of ether oxygens (including phenoxy) is 1. The molecule has 0 spiro atoms. The fourth-order valence-corrected chi connectivity index (χ4v) is 11.9. The average Bonchev–Trinajstić information content (AvgIpc) is 3.91. The van der Waals surface area contributed by atoms with Gasteiger partial charge in [0.2, 0.25) is 11.8 Å². The fraction of sp³-hybridized carbons (Fsp3) is 0.472. The smallest absolute Gasteiger partial charge is 0.319 e. The Balaban J connectivity index is 0.625. The minimum absolute atomic E-state index is 0.0964. The van der Waals surface area contributed by atoms with E-state index in [9.17, 15) is 24.0 Å². The minimum Gasteiger partial charge on any atom is -0.457 e. The Kier molecular flexibility index (Phi) is 12.7. The van der Waals surface area contributed by atoms with Crippen molar-refractivity contribution in [2.45, 2.75) is 95.2 Å². The molecule has 5 saturated heterocycles. The van der Waals surface area contributed by atoms with Crippen LogP contribution in [0.3, 0.4) is 0 Å². The summed E-state index contributed by atoms with van der Waals surface area (Å²) in [4.78, 5) is 83.7. The van der Waals surface area contributed by atoms with Gasteiger partial charge in [0.25, 0.3) is 11.8 Å². The maximum absolute atomic E-state index is 13.8. The molecule has 6 amide bonds. The van der Waals surface area contributed by atoms with Crippen LogP contribution in [0.5, 0.6) is 11.5 Å². The van der Waals surface area contributed by atoms with Crippen LogP contribution in [-0.4, -0.2) is 133 Å². The SMILES string of the molecule is Nc1ncnc2c1c(-c1ccc(Oc3ccccc3)cc1)nn2[C@@H]1CCCN(C2CCN(C(=O)N3CCC(CCC4CCN(c5ccc6c(c5)C(=O)N(C5CCC(=O)NC5=O)C6=O)CC4)CC3)CC2)C1. The van der Waals surface area contributed by atoms with Gasteiger partial charge in [-0.25, -0.2) is 19.4 Å². The lowest BCUT2D eigenvalue weighted by Gasteiger charge is -2.43. The highest BCUT2D eigenvalue weighted by Crippen LogP contribution is 2.38. The molecule has 6 aliphatic heterocycles. The van der Waals surface area contributed by atoms with Crippen molar-refractivity contribution in [1.29, 1.82) is 0 Å². The second-order valence-corrected chi connectivity index (χ2v) is 20.1. The molecule has 1 unspecified atom stereocenters. The molecule has 364 valence electrons. The van der Waals surface area contributed by atoms with Gasteiger partial charge in [0.1, 0.15) is 35.4 Å². The molecule has 3 N–H and O–H groups in total. The Morgan fingerprint density at radius 3 is 2.09 bits per heavy atom. The first-order chi connectivity index (χ1) is 34.1. The van der Waals surface area contributed by atoms with Crippen molar-refractivity contribution in [3.63, 3.8) is 0 Å². The summed E-state index contributed by atoms with van der Waals surface area (Å²) in [6.07, 6.45) is 12.3. The molecule has 3 aromatic carbocycles. The first-order valence-electron chi connectivity index (χ1n) is 25.4. The van der Waals surface area contributed by atoms with Crippen molar-refractivity contribution < 1.29 is 28.7 Å². The van der Waals surface area contributed by atoms with Crippen LogP contribution in [0.2, 0.25) is 0 Å². The van der Waals surface area contributed by atoms with Gasteiger partial charge in [-0.2, -0.15) is 5.10 Å². The van der Waals surface area contributed by atoms with E-state index in [1.165, 1.54) is 19.2 Å². The summed E-state index contributed by atoms with van der Waals surface area (Å²) < 4.78 is 8.11. The Hall–Kier alpha value is -6.88. The molecule has 2 atom stereocenters. The van der Waals surface area contributed by atoms with E-state index >= 15 is 0 Å². The highest BCUT2D eigenvalue weighted by atomic mass is 16.5. The summed E-state index contributed by atoms with van der Waals surface area (Å²) in [7, 11) is 0. The number of aromatic nitrogens is 4. The number of fused-ring (bicyclic) bond motifs is 2. The van der Waals surface area contributed by atoms with E-state index in [1.54, 1.807) is 12.1 Å². The zero-order valence-corrected chi connectivity index (χ0v) is 39.6. The summed E-state index contributed by atoms with van der Waals surface area (Å²) >= 11 is 0. The van der Waals surface area contributed by atoms with Crippen molar-refractivity contribution in [2.24, 2.45) is 11.8 Å². The number of hydrogen-bond acceptors (Lipinski definition) is 12. The molecule has 5 aromatic rings. The number of benzene rings is 3. The van der Waals surface area contributed by atoms with Crippen molar-refractivity contribution in [2.75, 3.05) is 63.0 Å². The van der Waals surface area contributed by atoms with Crippen molar-refractivity contribution in [1.82, 2.24) is 44.7 Å². The zero-order chi connectivity index (χ0) is 47.9. The number of likely N-dealkylation sites (tertiary alicyclic amines) is 3. The van der Waals surface area contributed by atoms with Crippen LogP contribution in [0, 0.1) is 11.8 Å². The van der Waals surface area contributed by atoms with Gasteiger partial charge >= 0.3 is 6.03 Å². The van der Waals surface area contributed by atoms with Crippen LogP contribution in [0.25, 0.3) is 22.3 Å². The number of piperidine rings is 5. The lowest BCUT2D eigenvalue weighted by Crippen LogP contribution is -2.54. The van der Waals surface area contributed by atoms with Crippen LogP contribution in [-0.2, 0) is 9.59 Å². The lowest BCUT2D eigenvalue weighted by molar-refractivity contribution is -0.136. The maximum atomic E-state index is 13.8. The van der Waals surface area contributed by atoms with Crippen LogP contribution >= 0.6 is 0 Å². The molecule has 5 fully saturated rings. The van der Waals surface area contributed by atoms with Gasteiger partial charge < -0.3 is 25.2 Å². The van der Waals surface area contributed by atoms with Crippen LogP contribution in [0.15, 0.2) is 79.1 Å². The minimum atomic E-state index is -0.968. The number of hydrogen-bond donors (Lipinski definition) is 2. The molecule has 17 nitrogen and oxygen atoms in total. The van der Waals surface area contributed by atoms with E-state index in [0.717, 1.165) is 148 Å². The topological polar surface area (TPSA) is 192 Å². The summed E-state index contributed by atoms with van der Waals surface area (Å²) in [6.45, 7) is 6.82. The summed E-state index contributed by atoms with van der Waals surface area (Å²) in [5.74, 6) is 1.24. The predicted octanol–water partition coefficient (Wildman–Crippen LogP) is 6.90. The number of nitrogens with zero attached hydrogens (tertiary/aromatic N) is 9. The molecule has 0 radical (unpaired) electrons. The summed E-state index contributed by atoms with van der Waals surface area (Å²) in [5.41, 5.74) is 10.5. The Labute approximate surface area is 407 Å². The molecule has 70 heavy (non-hydrogen) atoms. The van der Waals surface area contributed by atoms with E-state index in [1.807, 2.05) is 60.7 Å². The third-order valence-electron chi connectivity index (χ3n) is 15.9. The second-order valence-electron chi connectivity index (χ2n) is 20.1. The largest absolute Gasteiger partial charge is 0.457 e. The van der Waals surface area contributed by atoms with Gasteiger partial charge in [0, 0.05) is 69.5 Å². The number of carbonyl (C=O) groups is 5. The van der Waals surface area contributed by atoms with Gasteiger partial charge in [-0.15, -0.1) is 0 Å². The number of rotatable bonds is 10. The number of nitrogens with one attached hydrogen (secondary N) is 1. The zero-order valence-electron chi connectivity index (χ0n) is 39.6. The van der Waals surface area contributed by atoms with Gasteiger partial charge in [-0.3, -0.25) is 34.3 Å². The highest BCUT2D eigenvalue weighted by molar-refractivity contribution is 6.23. The molecule has 8 heterocycles. The van der Waals surface area contributed by atoms with E-state index < -0.39 is 23.8 Å². The number of para-hydroxylation sites is 1. The summed E-state index contributed by atoms with van der Waals surface area (Å²) in [6, 6.07) is 22.8. The quantitative estimate of drug-likeness (QED) is 0.138. The van der Waals surface area contributed by atoms with Crippen LogP contribution < -0.4 is 20.7 Å². The Morgan fingerprint density at radius 2 is 1.37 bits per heavy atom. The predicted molar refractivity (Wildman–Crippen MR) is 263 cm³/mol. The molecule has 0 bridgehead atoms. The Bertz CT molecular complexity index is 2780. The van der Waals surface area contributed by atoms with Gasteiger partial charge in [0.05, 0.1) is 22.6 Å². The fourth-order valence-electron chi connectivity index (χ4n) is 11.9. The van der Waals surface area contributed by atoms with Gasteiger partial charge in [0.15, 0.2) is 5.65 Å². The number of urea groups is 1. The second kappa shape index (κ2) is 19.5. The van der Waals surface area contributed by atoms with Crippen molar-refractivity contribution in [3.05, 3.63) is 90.3 Å². The van der Waals surface area contributed by atoms with E-state index in [0.29, 0.717) is 34.8 Å². The molecular weight excluding hydrogens is 887 g/mol. The molecule has 6 aliphatic rings. The first kappa shape index (κ1) is 45.6.